The van der Waals surface area contributed by atoms with E-state index in [2.05, 4.69) is 5.16 Å². The van der Waals surface area contributed by atoms with Crippen molar-refractivity contribution < 1.29 is 9.63 Å². The summed E-state index contributed by atoms with van der Waals surface area (Å²) in [5.74, 6) is 0.0758. The van der Waals surface area contributed by atoms with E-state index in [4.69, 9.17) is 16.4 Å². The molecular weight excluding hydrogens is 408 g/mol. The van der Waals surface area contributed by atoms with Crippen LogP contribution in [0.15, 0.2) is 64.7 Å². The van der Waals surface area contributed by atoms with Gasteiger partial charge in [-0.1, -0.05) is 35.0 Å². The highest BCUT2D eigenvalue weighted by Crippen LogP contribution is 2.25. The quantitative estimate of drug-likeness (QED) is 0.520. The second-order valence-electron chi connectivity index (χ2n) is 7.00. The standard InChI is InChI=1S/C22H19ClN2O3S/c1-14-2-11-22(27)25(13-14)16-5-3-15(4-6-16)18-12-17(28-24-18)7-8-19(26)20-9-10-21(23)29-20/h2-6,9-11,13,17H,7-8,12H2,1H3. The van der Waals surface area contributed by atoms with Crippen LogP contribution in [0.3, 0.4) is 0 Å². The smallest absolute Gasteiger partial charge is 0.255 e. The molecule has 1 aliphatic rings. The SMILES string of the molecule is Cc1ccc(=O)n(-c2ccc(C3=NOC(CCC(=O)c4ccc(Cl)s4)C3)cc2)c1. The average Bonchev–Trinajstić information content (AvgIpc) is 3.37. The number of Topliss-reactive ketones (excluding diaryl/α,β-unsaturated/α-hetero) is 1. The van der Waals surface area contributed by atoms with Crippen LogP contribution in [0.5, 0.6) is 0 Å². The number of thiophene rings is 1. The van der Waals surface area contributed by atoms with Crippen molar-refractivity contribution in [2.45, 2.75) is 32.3 Å². The molecule has 1 atom stereocenters. The number of halogens is 1. The first-order chi connectivity index (χ1) is 14.0. The highest BCUT2D eigenvalue weighted by atomic mass is 35.5. The number of carbonyl (C=O) groups excluding carboxylic acids is 1. The maximum Gasteiger partial charge on any atom is 0.255 e. The summed E-state index contributed by atoms with van der Waals surface area (Å²) in [6.45, 7) is 1.95. The molecular formula is C22H19ClN2O3S. The van der Waals surface area contributed by atoms with Crippen LogP contribution in [-0.4, -0.2) is 22.2 Å². The van der Waals surface area contributed by atoms with Crippen molar-refractivity contribution in [3.05, 3.63) is 85.4 Å². The summed E-state index contributed by atoms with van der Waals surface area (Å²) in [5, 5.41) is 4.19. The molecule has 3 aromatic rings. The molecule has 2 aromatic heterocycles. The summed E-state index contributed by atoms with van der Waals surface area (Å²) in [5.41, 5.74) is 3.56. The molecule has 148 valence electrons. The van der Waals surface area contributed by atoms with Gasteiger partial charge in [-0.05, 0) is 48.7 Å². The number of pyridine rings is 1. The van der Waals surface area contributed by atoms with Crippen molar-refractivity contribution in [2.75, 3.05) is 0 Å². The van der Waals surface area contributed by atoms with Crippen LogP contribution in [0.4, 0.5) is 0 Å². The minimum absolute atomic E-state index is 0.0679. The monoisotopic (exact) mass is 426 g/mol. The van der Waals surface area contributed by atoms with E-state index < -0.39 is 0 Å². The van der Waals surface area contributed by atoms with Crippen molar-refractivity contribution in [3.63, 3.8) is 0 Å². The van der Waals surface area contributed by atoms with Gasteiger partial charge in [-0.3, -0.25) is 14.2 Å². The van der Waals surface area contributed by atoms with Gasteiger partial charge in [0.25, 0.3) is 5.56 Å². The van der Waals surface area contributed by atoms with E-state index in [0.29, 0.717) is 28.5 Å². The zero-order chi connectivity index (χ0) is 20.4. The fourth-order valence-corrected chi connectivity index (χ4v) is 4.25. The van der Waals surface area contributed by atoms with Gasteiger partial charge in [0.2, 0.25) is 0 Å². The van der Waals surface area contributed by atoms with Gasteiger partial charge in [0, 0.05) is 30.8 Å². The lowest BCUT2D eigenvalue weighted by Crippen LogP contribution is -2.16. The van der Waals surface area contributed by atoms with Gasteiger partial charge in [-0.15, -0.1) is 11.3 Å². The summed E-state index contributed by atoms with van der Waals surface area (Å²) < 4.78 is 2.24. The van der Waals surface area contributed by atoms with Crippen LogP contribution in [-0.2, 0) is 4.84 Å². The number of benzene rings is 1. The molecule has 0 saturated heterocycles. The lowest BCUT2D eigenvalue weighted by atomic mass is 10.0. The minimum atomic E-state index is -0.108. The first-order valence-corrected chi connectivity index (χ1v) is 10.5. The fraction of sp³-hybridized carbons (Fsp3) is 0.227. The van der Waals surface area contributed by atoms with E-state index >= 15 is 0 Å². The van der Waals surface area contributed by atoms with E-state index in [1.54, 1.807) is 28.8 Å². The molecule has 0 N–H and O–H groups in total. The summed E-state index contributed by atoms with van der Waals surface area (Å²) in [4.78, 5) is 30.5. The summed E-state index contributed by atoms with van der Waals surface area (Å²) in [6, 6.07) is 14.5. The third kappa shape index (κ3) is 4.49. The van der Waals surface area contributed by atoms with Crippen molar-refractivity contribution >= 4 is 34.4 Å². The van der Waals surface area contributed by atoms with Gasteiger partial charge >= 0.3 is 0 Å². The fourth-order valence-electron chi connectivity index (χ4n) is 3.24. The lowest BCUT2D eigenvalue weighted by Gasteiger charge is -2.08. The van der Waals surface area contributed by atoms with Gasteiger partial charge in [0.15, 0.2) is 5.78 Å². The number of aryl methyl sites for hydroxylation is 1. The predicted molar refractivity (Wildman–Crippen MR) is 116 cm³/mol. The molecule has 0 fully saturated rings. The van der Waals surface area contributed by atoms with Crippen molar-refractivity contribution in [1.82, 2.24) is 4.57 Å². The number of oxime groups is 1. The maximum absolute atomic E-state index is 12.2. The Hall–Kier alpha value is -2.70. The molecule has 0 radical (unpaired) electrons. The van der Waals surface area contributed by atoms with E-state index in [1.165, 1.54) is 11.3 Å². The number of ketones is 1. The Kier molecular flexibility index (Phi) is 5.65. The van der Waals surface area contributed by atoms with Crippen LogP contribution in [0.1, 0.15) is 40.1 Å². The molecule has 1 aromatic carbocycles. The Labute approximate surface area is 177 Å². The van der Waals surface area contributed by atoms with E-state index in [-0.39, 0.29) is 17.4 Å². The summed E-state index contributed by atoms with van der Waals surface area (Å²) in [7, 11) is 0. The van der Waals surface area contributed by atoms with Crippen molar-refractivity contribution in [1.29, 1.82) is 0 Å². The molecule has 5 nitrogen and oxygen atoms in total. The number of rotatable bonds is 6. The van der Waals surface area contributed by atoms with Crippen LogP contribution in [0.25, 0.3) is 5.69 Å². The van der Waals surface area contributed by atoms with E-state index in [9.17, 15) is 9.59 Å². The largest absolute Gasteiger partial charge is 0.392 e. The van der Waals surface area contributed by atoms with Gasteiger partial charge < -0.3 is 4.84 Å². The Morgan fingerprint density at radius 3 is 2.72 bits per heavy atom. The third-order valence-corrected chi connectivity index (χ3v) is 6.08. The Bertz CT molecular complexity index is 1130. The first kappa shape index (κ1) is 19.6. The molecule has 0 amide bonds. The normalized spacial score (nSPS) is 15.8. The van der Waals surface area contributed by atoms with Crippen LogP contribution in [0.2, 0.25) is 4.34 Å². The molecule has 29 heavy (non-hydrogen) atoms. The molecule has 0 aliphatic carbocycles. The number of aromatic nitrogens is 1. The number of hydrogen-bond donors (Lipinski definition) is 0. The van der Waals surface area contributed by atoms with Gasteiger partial charge in [0.1, 0.15) is 6.10 Å². The van der Waals surface area contributed by atoms with Crippen molar-refractivity contribution in [3.8, 4) is 5.69 Å². The zero-order valence-corrected chi connectivity index (χ0v) is 17.4. The number of nitrogens with zero attached hydrogens (tertiary/aromatic N) is 2. The molecule has 7 heteroatoms. The Morgan fingerprint density at radius 1 is 1.21 bits per heavy atom. The summed E-state index contributed by atoms with van der Waals surface area (Å²) >= 11 is 7.19. The number of hydrogen-bond acceptors (Lipinski definition) is 5. The average molecular weight is 427 g/mol. The second kappa shape index (κ2) is 8.35. The molecule has 4 rings (SSSR count). The highest BCUT2D eigenvalue weighted by Gasteiger charge is 2.23. The molecule has 0 bridgehead atoms. The molecule has 0 saturated carbocycles. The highest BCUT2D eigenvalue weighted by molar-refractivity contribution is 7.18. The Morgan fingerprint density at radius 2 is 2.00 bits per heavy atom. The topological polar surface area (TPSA) is 60.7 Å². The minimum Gasteiger partial charge on any atom is -0.392 e. The third-order valence-electron chi connectivity index (χ3n) is 4.81. The zero-order valence-electron chi connectivity index (χ0n) is 15.8. The van der Waals surface area contributed by atoms with Crippen molar-refractivity contribution in [2.24, 2.45) is 5.16 Å². The van der Waals surface area contributed by atoms with Gasteiger partial charge in [0.05, 0.1) is 14.9 Å². The first-order valence-electron chi connectivity index (χ1n) is 9.31. The Balaban J connectivity index is 1.37. The van der Waals surface area contributed by atoms with E-state index in [0.717, 1.165) is 22.5 Å². The van der Waals surface area contributed by atoms with E-state index in [1.807, 2.05) is 37.4 Å². The van der Waals surface area contributed by atoms with Gasteiger partial charge in [-0.25, -0.2) is 0 Å². The second-order valence-corrected chi connectivity index (χ2v) is 8.71. The molecule has 0 spiro atoms. The predicted octanol–water partition coefficient (Wildman–Crippen LogP) is 5.02. The summed E-state index contributed by atoms with van der Waals surface area (Å²) in [6.07, 6.45) is 3.38. The maximum atomic E-state index is 12.2. The lowest BCUT2D eigenvalue weighted by molar-refractivity contribution is 0.0720. The van der Waals surface area contributed by atoms with Crippen LogP contribution >= 0.6 is 22.9 Å². The van der Waals surface area contributed by atoms with Crippen LogP contribution in [0, 0.1) is 6.92 Å². The number of carbonyl (C=O) groups is 1. The van der Waals surface area contributed by atoms with Gasteiger partial charge in [-0.2, -0.15) is 0 Å². The molecule has 1 unspecified atom stereocenters. The molecule has 3 heterocycles. The van der Waals surface area contributed by atoms with Crippen LogP contribution < -0.4 is 5.56 Å². The molecule has 1 aliphatic heterocycles.